The first-order valence-corrected chi connectivity index (χ1v) is 7.01. The molecule has 16 heavy (non-hydrogen) atoms. The molecule has 4 nitrogen and oxygen atoms in total. The third-order valence-corrected chi connectivity index (χ3v) is 4.28. The zero-order chi connectivity index (χ0) is 12.0. The quantitative estimate of drug-likeness (QED) is 0.858. The molecular formula is C11H16N2O2S. The van der Waals surface area contributed by atoms with Crippen molar-refractivity contribution in [2.24, 2.45) is 5.73 Å². The first kappa shape index (κ1) is 11.4. The van der Waals surface area contributed by atoms with Crippen molar-refractivity contribution in [1.82, 2.24) is 0 Å². The number of nitrogens with zero attached hydrogens (tertiary/aromatic N) is 1. The lowest BCUT2D eigenvalue weighted by atomic mass is 10.1. The van der Waals surface area contributed by atoms with Crippen molar-refractivity contribution in [3.05, 3.63) is 29.8 Å². The van der Waals surface area contributed by atoms with Gasteiger partial charge in [0.2, 0.25) is 10.0 Å². The molecule has 0 bridgehead atoms. The van der Waals surface area contributed by atoms with Gasteiger partial charge in [0.25, 0.3) is 0 Å². The van der Waals surface area contributed by atoms with Crippen LogP contribution in [0.2, 0.25) is 0 Å². The van der Waals surface area contributed by atoms with E-state index >= 15 is 0 Å². The fourth-order valence-electron chi connectivity index (χ4n) is 1.63. The Labute approximate surface area is 96.1 Å². The summed E-state index contributed by atoms with van der Waals surface area (Å²) in [7, 11) is -1.66. The number of sulfonamides is 1. The Bertz CT molecular complexity index is 506. The summed E-state index contributed by atoms with van der Waals surface area (Å²) in [6.45, 7) is 0. The minimum atomic E-state index is -3.21. The smallest absolute Gasteiger partial charge is 0.231 e. The van der Waals surface area contributed by atoms with E-state index in [0.29, 0.717) is 5.69 Å². The van der Waals surface area contributed by atoms with E-state index in [1.165, 1.54) is 10.6 Å². The summed E-state index contributed by atoms with van der Waals surface area (Å²) in [5.41, 5.74) is 7.53. The van der Waals surface area contributed by atoms with Crippen molar-refractivity contribution in [3.63, 3.8) is 0 Å². The molecule has 0 heterocycles. The first-order chi connectivity index (χ1) is 7.33. The van der Waals surface area contributed by atoms with E-state index in [0.717, 1.165) is 18.4 Å². The van der Waals surface area contributed by atoms with Crippen LogP contribution in [0.3, 0.4) is 0 Å². The van der Waals surface area contributed by atoms with Crippen molar-refractivity contribution < 1.29 is 8.42 Å². The number of nitrogens with two attached hydrogens (primary N) is 1. The molecule has 0 saturated heterocycles. The summed E-state index contributed by atoms with van der Waals surface area (Å²) in [6.07, 6.45) is 3.13. The zero-order valence-electron chi connectivity index (χ0n) is 9.47. The summed E-state index contributed by atoms with van der Waals surface area (Å²) >= 11 is 0. The fourth-order valence-corrected chi connectivity index (χ4v) is 2.12. The van der Waals surface area contributed by atoms with E-state index in [2.05, 4.69) is 0 Å². The van der Waals surface area contributed by atoms with Gasteiger partial charge in [-0.3, -0.25) is 4.31 Å². The maximum atomic E-state index is 11.4. The number of anilines is 1. The third kappa shape index (κ3) is 2.05. The summed E-state index contributed by atoms with van der Waals surface area (Å²) in [4.78, 5) is 0. The molecule has 1 aromatic carbocycles. The van der Waals surface area contributed by atoms with Gasteiger partial charge in [0.15, 0.2) is 0 Å². The minimum absolute atomic E-state index is 0.228. The van der Waals surface area contributed by atoms with Crippen LogP contribution >= 0.6 is 0 Å². The van der Waals surface area contributed by atoms with Gasteiger partial charge in [0, 0.05) is 12.6 Å². The minimum Gasteiger partial charge on any atom is -0.321 e. The highest BCUT2D eigenvalue weighted by atomic mass is 32.2. The van der Waals surface area contributed by atoms with Crippen molar-refractivity contribution in [3.8, 4) is 0 Å². The van der Waals surface area contributed by atoms with Crippen LogP contribution in [-0.4, -0.2) is 21.7 Å². The molecule has 1 saturated carbocycles. The molecule has 0 spiro atoms. The van der Waals surface area contributed by atoms with Gasteiger partial charge in [-0.15, -0.1) is 0 Å². The molecular weight excluding hydrogens is 224 g/mol. The van der Waals surface area contributed by atoms with Gasteiger partial charge in [0.05, 0.1) is 11.9 Å². The second-order valence-corrected chi connectivity index (χ2v) is 6.45. The van der Waals surface area contributed by atoms with Crippen LogP contribution in [0.15, 0.2) is 24.3 Å². The van der Waals surface area contributed by atoms with Crippen molar-refractivity contribution in [2.75, 3.05) is 17.6 Å². The predicted octanol–water partition coefficient (Wildman–Crippen LogP) is 1.03. The van der Waals surface area contributed by atoms with E-state index in [9.17, 15) is 8.42 Å². The fraction of sp³-hybridized carbons (Fsp3) is 0.455. The maximum Gasteiger partial charge on any atom is 0.231 e. The van der Waals surface area contributed by atoms with Crippen LogP contribution in [0.4, 0.5) is 5.69 Å². The summed E-state index contributed by atoms with van der Waals surface area (Å²) in [5, 5.41) is 0. The Morgan fingerprint density at radius 1 is 1.38 bits per heavy atom. The van der Waals surface area contributed by atoms with Crippen LogP contribution in [0.5, 0.6) is 0 Å². The molecule has 5 heteroatoms. The van der Waals surface area contributed by atoms with Crippen LogP contribution < -0.4 is 10.0 Å². The van der Waals surface area contributed by atoms with Crippen LogP contribution in [0.25, 0.3) is 0 Å². The van der Waals surface area contributed by atoms with Gasteiger partial charge in [-0.2, -0.15) is 0 Å². The molecule has 0 amide bonds. The van der Waals surface area contributed by atoms with Gasteiger partial charge >= 0.3 is 0 Å². The lowest BCUT2D eigenvalue weighted by Crippen LogP contribution is -2.26. The molecule has 1 aliphatic carbocycles. The predicted molar refractivity (Wildman–Crippen MR) is 64.8 cm³/mol. The van der Waals surface area contributed by atoms with Gasteiger partial charge in [0.1, 0.15) is 0 Å². The molecule has 0 atom stereocenters. The Morgan fingerprint density at radius 3 is 2.50 bits per heavy atom. The molecule has 88 valence electrons. The first-order valence-electron chi connectivity index (χ1n) is 5.16. The number of benzene rings is 1. The van der Waals surface area contributed by atoms with E-state index < -0.39 is 10.0 Å². The van der Waals surface area contributed by atoms with E-state index in [4.69, 9.17) is 5.73 Å². The molecule has 0 aromatic heterocycles. The van der Waals surface area contributed by atoms with Gasteiger partial charge in [-0.25, -0.2) is 8.42 Å². The van der Waals surface area contributed by atoms with Crippen molar-refractivity contribution in [2.45, 2.75) is 18.4 Å². The lowest BCUT2D eigenvalue weighted by Gasteiger charge is -2.18. The average Bonchev–Trinajstić information content (AvgIpc) is 2.96. The lowest BCUT2D eigenvalue weighted by molar-refractivity contribution is 0.600. The zero-order valence-corrected chi connectivity index (χ0v) is 10.3. The molecule has 0 aliphatic heterocycles. The highest BCUT2D eigenvalue weighted by Gasteiger charge is 2.40. The molecule has 0 radical (unpaired) electrons. The highest BCUT2D eigenvalue weighted by molar-refractivity contribution is 7.92. The van der Waals surface area contributed by atoms with Crippen LogP contribution in [0, 0.1) is 0 Å². The SMILES string of the molecule is CN(c1cccc(C2(N)CC2)c1)S(C)(=O)=O. The second-order valence-electron chi connectivity index (χ2n) is 4.44. The Kier molecular flexibility index (Phi) is 2.47. The van der Waals surface area contributed by atoms with Crippen molar-refractivity contribution >= 4 is 15.7 Å². The number of hydrogen-bond donors (Lipinski definition) is 1. The number of rotatable bonds is 3. The monoisotopic (exact) mass is 240 g/mol. The highest BCUT2D eigenvalue weighted by Crippen LogP contribution is 2.43. The Balaban J connectivity index is 2.36. The Hall–Kier alpha value is -1.07. The average molecular weight is 240 g/mol. The normalized spacial score (nSPS) is 18.2. The Morgan fingerprint density at radius 2 is 2.00 bits per heavy atom. The van der Waals surface area contributed by atoms with Gasteiger partial charge in [-0.1, -0.05) is 12.1 Å². The van der Waals surface area contributed by atoms with Crippen LogP contribution in [0.1, 0.15) is 18.4 Å². The topological polar surface area (TPSA) is 63.4 Å². The summed E-state index contributed by atoms with van der Waals surface area (Å²) < 4.78 is 24.1. The number of hydrogen-bond acceptors (Lipinski definition) is 3. The van der Waals surface area contributed by atoms with Crippen molar-refractivity contribution in [1.29, 1.82) is 0 Å². The largest absolute Gasteiger partial charge is 0.321 e. The molecule has 1 aromatic rings. The standard InChI is InChI=1S/C11H16N2O2S/c1-13(16(2,14)15)10-5-3-4-9(8-10)11(12)6-7-11/h3-5,8H,6-7,12H2,1-2H3. The molecule has 1 aliphatic rings. The second kappa shape index (κ2) is 3.46. The van der Waals surface area contributed by atoms with Crippen LogP contribution in [-0.2, 0) is 15.6 Å². The third-order valence-electron chi connectivity index (χ3n) is 3.07. The molecule has 1 fully saturated rings. The molecule has 0 unspecified atom stereocenters. The summed E-state index contributed by atoms with van der Waals surface area (Å²) in [5.74, 6) is 0. The van der Waals surface area contributed by atoms with Gasteiger partial charge in [-0.05, 0) is 30.5 Å². The molecule has 2 N–H and O–H groups in total. The van der Waals surface area contributed by atoms with E-state index in [-0.39, 0.29) is 5.54 Å². The van der Waals surface area contributed by atoms with Gasteiger partial charge < -0.3 is 5.73 Å². The van der Waals surface area contributed by atoms with E-state index in [1.807, 2.05) is 18.2 Å². The molecule has 2 rings (SSSR count). The maximum absolute atomic E-state index is 11.4. The summed E-state index contributed by atoms with van der Waals surface area (Å²) in [6, 6.07) is 7.43. The van der Waals surface area contributed by atoms with E-state index in [1.54, 1.807) is 13.1 Å².